The fourth-order valence-electron chi connectivity index (χ4n) is 1.94. The normalized spacial score (nSPS) is 11.7. The Morgan fingerprint density at radius 3 is 2.21 bits per heavy atom. The summed E-state index contributed by atoms with van der Waals surface area (Å²) in [6.45, 7) is 2.14. The number of carbonyl (C=O) groups is 1. The summed E-state index contributed by atoms with van der Waals surface area (Å²) < 4.78 is 0. The molecule has 0 bridgehead atoms. The Balaban J connectivity index is 3.56. The van der Waals surface area contributed by atoms with E-state index >= 15 is 0 Å². The molecule has 0 fully saturated rings. The summed E-state index contributed by atoms with van der Waals surface area (Å²) in [4.78, 5) is 10.3. The Bertz CT molecular complexity index is 472. The second-order valence-corrected chi connectivity index (χ2v) is 5.49. The quantitative estimate of drug-likeness (QED) is 0.170. The summed E-state index contributed by atoms with van der Waals surface area (Å²) in [6.07, 6.45) is 29.2. The molecular weight excluding hydrogens is 296 g/mol. The van der Waals surface area contributed by atoms with Crippen molar-refractivity contribution >= 4 is 5.97 Å². The molecule has 0 saturated carbocycles. The predicted molar refractivity (Wildman–Crippen MR) is 104 cm³/mol. The maximum atomic E-state index is 10.3. The lowest BCUT2D eigenvalue weighted by Crippen LogP contribution is -1.93. The van der Waals surface area contributed by atoms with Crippen molar-refractivity contribution < 1.29 is 9.90 Å². The summed E-state index contributed by atoms with van der Waals surface area (Å²) in [5.41, 5.74) is 3.13. The van der Waals surface area contributed by atoms with Gasteiger partial charge in [-0.25, -0.2) is 0 Å². The van der Waals surface area contributed by atoms with Gasteiger partial charge < -0.3 is 5.11 Å². The Morgan fingerprint density at radius 2 is 1.54 bits per heavy atom. The Hall–Kier alpha value is -2.05. The van der Waals surface area contributed by atoms with Crippen molar-refractivity contribution in [2.75, 3.05) is 0 Å². The van der Waals surface area contributed by atoms with E-state index in [4.69, 9.17) is 5.11 Å². The van der Waals surface area contributed by atoms with Crippen LogP contribution in [0.5, 0.6) is 0 Å². The molecular formula is C22H32O2. The second-order valence-electron chi connectivity index (χ2n) is 5.49. The highest BCUT2D eigenvalue weighted by atomic mass is 16.4. The van der Waals surface area contributed by atoms with Crippen LogP contribution in [-0.4, -0.2) is 11.1 Å². The Morgan fingerprint density at radius 1 is 0.875 bits per heavy atom. The maximum absolute atomic E-state index is 10.3. The van der Waals surface area contributed by atoms with Crippen LogP contribution in [-0.2, 0) is 4.79 Å². The third-order valence-corrected chi connectivity index (χ3v) is 3.24. The third-order valence-electron chi connectivity index (χ3n) is 3.24. The number of aliphatic carboxylic acids is 1. The van der Waals surface area contributed by atoms with Crippen LogP contribution in [0.1, 0.15) is 64.7 Å². The van der Waals surface area contributed by atoms with Gasteiger partial charge in [-0.15, -0.1) is 5.73 Å². The molecule has 0 aliphatic rings. The van der Waals surface area contributed by atoms with Crippen molar-refractivity contribution in [2.24, 2.45) is 0 Å². The van der Waals surface area contributed by atoms with Crippen LogP contribution in [0.25, 0.3) is 0 Å². The van der Waals surface area contributed by atoms with Crippen LogP contribution in [0.4, 0.5) is 0 Å². The minimum Gasteiger partial charge on any atom is -0.481 e. The molecule has 0 spiro atoms. The molecule has 0 aromatic carbocycles. The van der Waals surface area contributed by atoms with Crippen LogP contribution in [0, 0.1) is 0 Å². The zero-order valence-corrected chi connectivity index (χ0v) is 15.0. The Kier molecular flexibility index (Phi) is 17.4. The van der Waals surface area contributed by atoms with Crippen molar-refractivity contribution in [3.8, 4) is 0 Å². The van der Waals surface area contributed by atoms with E-state index in [2.05, 4.69) is 55.2 Å². The fraction of sp³-hybridized carbons (Fsp3) is 0.455. The second kappa shape index (κ2) is 19.0. The highest BCUT2D eigenvalue weighted by molar-refractivity contribution is 5.66. The highest BCUT2D eigenvalue weighted by Gasteiger charge is 1.94. The average Bonchev–Trinajstić information content (AvgIpc) is 2.56. The van der Waals surface area contributed by atoms with Gasteiger partial charge in [0.2, 0.25) is 0 Å². The number of carboxylic acids is 1. The van der Waals surface area contributed by atoms with E-state index in [0.717, 1.165) is 51.4 Å². The molecule has 24 heavy (non-hydrogen) atoms. The monoisotopic (exact) mass is 328 g/mol. The van der Waals surface area contributed by atoms with E-state index in [1.807, 2.05) is 18.2 Å². The molecule has 0 heterocycles. The van der Waals surface area contributed by atoms with E-state index in [1.165, 1.54) is 0 Å². The molecule has 0 radical (unpaired) electrons. The van der Waals surface area contributed by atoms with E-state index in [9.17, 15) is 4.79 Å². The standard InChI is InChI=1S/C22H32O2/c1-2-3-4-5-6-7-8-9-10-11-12-13-14-15-16-17-18-19-20-21-22(23)24/h3-4,6-7,9-10,12,14-16H,2,5,8,11,17-21H2,1H3,(H,23,24). The van der Waals surface area contributed by atoms with E-state index < -0.39 is 5.97 Å². The number of rotatable bonds is 14. The van der Waals surface area contributed by atoms with Crippen LogP contribution < -0.4 is 0 Å². The topological polar surface area (TPSA) is 37.3 Å². The lowest BCUT2D eigenvalue weighted by molar-refractivity contribution is -0.137. The van der Waals surface area contributed by atoms with Crippen LogP contribution >= 0.6 is 0 Å². The van der Waals surface area contributed by atoms with E-state index in [-0.39, 0.29) is 6.42 Å². The van der Waals surface area contributed by atoms with Crippen LogP contribution in [0.15, 0.2) is 66.5 Å². The molecule has 132 valence electrons. The molecule has 1 N–H and O–H groups in total. The number of hydrogen-bond acceptors (Lipinski definition) is 1. The smallest absolute Gasteiger partial charge is 0.303 e. The van der Waals surface area contributed by atoms with Gasteiger partial charge >= 0.3 is 5.97 Å². The van der Waals surface area contributed by atoms with Crippen molar-refractivity contribution in [2.45, 2.75) is 64.7 Å². The molecule has 0 saturated heterocycles. The first kappa shape index (κ1) is 21.9. The number of unbranched alkanes of at least 4 members (excludes halogenated alkanes) is 3. The lowest BCUT2D eigenvalue weighted by Gasteiger charge is -1.94. The molecule has 2 heteroatoms. The fourth-order valence-corrected chi connectivity index (χ4v) is 1.94. The summed E-state index contributed by atoms with van der Waals surface area (Å²) in [5.74, 6) is -0.701. The molecule has 0 rings (SSSR count). The molecule has 0 unspecified atom stereocenters. The zero-order chi connectivity index (χ0) is 17.7. The number of hydrogen-bond donors (Lipinski definition) is 1. The predicted octanol–water partition coefficient (Wildman–Crippen LogP) is 6.54. The van der Waals surface area contributed by atoms with Gasteiger partial charge in [-0.05, 0) is 57.1 Å². The molecule has 0 aliphatic heterocycles. The SMILES string of the molecule is CCC=CCC=CCC=CCC=C=CC=CCCCCCC(=O)O. The third kappa shape index (κ3) is 19.9. The van der Waals surface area contributed by atoms with Crippen molar-refractivity contribution in [1.82, 2.24) is 0 Å². The first-order valence-corrected chi connectivity index (χ1v) is 9.00. The van der Waals surface area contributed by atoms with Gasteiger partial charge in [0.25, 0.3) is 0 Å². The maximum Gasteiger partial charge on any atom is 0.303 e. The summed E-state index contributed by atoms with van der Waals surface area (Å²) >= 11 is 0. The van der Waals surface area contributed by atoms with E-state index in [1.54, 1.807) is 0 Å². The van der Waals surface area contributed by atoms with Gasteiger partial charge in [-0.1, -0.05) is 62.0 Å². The summed E-state index contributed by atoms with van der Waals surface area (Å²) in [7, 11) is 0. The average molecular weight is 328 g/mol. The molecule has 2 nitrogen and oxygen atoms in total. The molecule has 0 aromatic heterocycles. The van der Waals surface area contributed by atoms with Gasteiger partial charge in [0.05, 0.1) is 0 Å². The van der Waals surface area contributed by atoms with Gasteiger partial charge in [-0.2, -0.15) is 0 Å². The van der Waals surface area contributed by atoms with Gasteiger partial charge in [-0.3, -0.25) is 4.79 Å². The molecule has 0 atom stereocenters. The first-order chi connectivity index (χ1) is 11.8. The largest absolute Gasteiger partial charge is 0.481 e. The van der Waals surface area contributed by atoms with Crippen molar-refractivity contribution in [1.29, 1.82) is 0 Å². The van der Waals surface area contributed by atoms with Gasteiger partial charge in [0.15, 0.2) is 0 Å². The molecule has 0 amide bonds. The zero-order valence-electron chi connectivity index (χ0n) is 15.0. The van der Waals surface area contributed by atoms with Crippen LogP contribution in [0.2, 0.25) is 0 Å². The van der Waals surface area contributed by atoms with Gasteiger partial charge in [0, 0.05) is 6.42 Å². The van der Waals surface area contributed by atoms with Gasteiger partial charge in [0.1, 0.15) is 0 Å². The molecule has 0 aromatic rings. The summed E-state index contributed by atoms with van der Waals surface area (Å²) in [6, 6.07) is 0. The highest BCUT2D eigenvalue weighted by Crippen LogP contribution is 2.03. The first-order valence-electron chi connectivity index (χ1n) is 9.00. The number of carboxylic acid groups (broad SMARTS) is 1. The minimum atomic E-state index is -0.701. The minimum absolute atomic E-state index is 0.283. The molecule has 0 aliphatic carbocycles. The lowest BCUT2D eigenvalue weighted by atomic mass is 10.1. The van der Waals surface area contributed by atoms with Crippen molar-refractivity contribution in [3.63, 3.8) is 0 Å². The van der Waals surface area contributed by atoms with Crippen molar-refractivity contribution in [3.05, 3.63) is 66.5 Å². The van der Waals surface area contributed by atoms with Crippen LogP contribution in [0.3, 0.4) is 0 Å². The summed E-state index contributed by atoms with van der Waals surface area (Å²) in [5, 5.41) is 8.52. The number of allylic oxidation sites excluding steroid dienone is 9. The Labute approximate surface area is 147 Å². The van der Waals surface area contributed by atoms with E-state index in [0.29, 0.717) is 0 Å².